The van der Waals surface area contributed by atoms with Gasteiger partial charge >= 0.3 is 0 Å². The minimum Gasteiger partial charge on any atom is -0.497 e. The van der Waals surface area contributed by atoms with E-state index in [2.05, 4.69) is 5.32 Å². The standard InChI is InChI=1S/C11H15ClN2O4S/c1-14(19(3,16)17)7-11(15)13-10-5-4-8(18-2)6-9(10)12/h4-6H,7H2,1-3H3,(H,13,15). The molecule has 0 bridgehead atoms. The van der Waals surface area contributed by atoms with Gasteiger partial charge in [0.05, 0.1) is 30.6 Å². The maximum absolute atomic E-state index is 11.7. The molecule has 1 amide bonds. The van der Waals surface area contributed by atoms with Crippen LogP contribution in [0.2, 0.25) is 5.02 Å². The third-order valence-electron chi connectivity index (χ3n) is 2.38. The Morgan fingerprint density at radius 2 is 2.11 bits per heavy atom. The summed E-state index contributed by atoms with van der Waals surface area (Å²) in [5.41, 5.74) is 0.398. The molecule has 6 nitrogen and oxygen atoms in total. The summed E-state index contributed by atoms with van der Waals surface area (Å²) in [5.74, 6) is 0.0937. The molecule has 1 aromatic rings. The van der Waals surface area contributed by atoms with Gasteiger partial charge in [-0.15, -0.1) is 0 Å². The lowest BCUT2D eigenvalue weighted by atomic mass is 10.3. The first-order valence-corrected chi connectivity index (χ1v) is 7.51. The lowest BCUT2D eigenvalue weighted by Gasteiger charge is -2.14. The van der Waals surface area contributed by atoms with Gasteiger partial charge in [0.1, 0.15) is 5.75 Å². The first-order chi connectivity index (χ1) is 8.74. The normalized spacial score (nSPS) is 11.4. The number of sulfonamides is 1. The fourth-order valence-electron chi connectivity index (χ4n) is 1.23. The van der Waals surface area contributed by atoms with Crippen LogP contribution in [0.15, 0.2) is 18.2 Å². The lowest BCUT2D eigenvalue weighted by Crippen LogP contribution is -2.34. The van der Waals surface area contributed by atoms with Gasteiger partial charge in [0, 0.05) is 13.1 Å². The highest BCUT2D eigenvalue weighted by atomic mass is 35.5. The molecule has 19 heavy (non-hydrogen) atoms. The molecular formula is C11H15ClN2O4S. The van der Waals surface area contributed by atoms with Crippen LogP contribution >= 0.6 is 11.6 Å². The van der Waals surface area contributed by atoms with E-state index in [0.29, 0.717) is 16.5 Å². The van der Waals surface area contributed by atoms with E-state index in [1.807, 2.05) is 0 Å². The fourth-order valence-corrected chi connectivity index (χ4v) is 1.80. The number of methoxy groups -OCH3 is 1. The monoisotopic (exact) mass is 306 g/mol. The van der Waals surface area contributed by atoms with E-state index in [1.54, 1.807) is 18.2 Å². The summed E-state index contributed by atoms with van der Waals surface area (Å²) in [6.45, 7) is -0.277. The predicted molar refractivity (Wildman–Crippen MR) is 74.1 cm³/mol. The Labute approximate surface area is 117 Å². The quantitative estimate of drug-likeness (QED) is 0.886. The van der Waals surface area contributed by atoms with Crippen LogP contribution in [0.4, 0.5) is 5.69 Å². The molecule has 0 aromatic heterocycles. The average molecular weight is 307 g/mol. The highest BCUT2D eigenvalue weighted by Crippen LogP contribution is 2.26. The Morgan fingerprint density at radius 3 is 2.58 bits per heavy atom. The molecule has 0 atom stereocenters. The molecule has 0 heterocycles. The van der Waals surface area contributed by atoms with Crippen molar-refractivity contribution in [2.75, 3.05) is 32.3 Å². The van der Waals surface area contributed by atoms with Crippen molar-refractivity contribution in [1.29, 1.82) is 0 Å². The van der Waals surface area contributed by atoms with Crippen molar-refractivity contribution in [3.63, 3.8) is 0 Å². The van der Waals surface area contributed by atoms with E-state index in [-0.39, 0.29) is 6.54 Å². The Bertz CT molecular complexity index is 574. The molecule has 1 N–H and O–H groups in total. The zero-order valence-electron chi connectivity index (χ0n) is 10.8. The number of ether oxygens (including phenoxy) is 1. The zero-order valence-corrected chi connectivity index (χ0v) is 12.4. The lowest BCUT2D eigenvalue weighted by molar-refractivity contribution is -0.116. The maximum atomic E-state index is 11.7. The van der Waals surface area contributed by atoms with Crippen LogP contribution in [0.25, 0.3) is 0 Å². The van der Waals surface area contributed by atoms with Crippen molar-refractivity contribution in [2.45, 2.75) is 0 Å². The number of hydrogen-bond acceptors (Lipinski definition) is 4. The number of anilines is 1. The number of rotatable bonds is 5. The Hall–Kier alpha value is -1.31. The van der Waals surface area contributed by atoms with Gasteiger partial charge in [-0.05, 0) is 12.1 Å². The first kappa shape index (κ1) is 15.7. The molecule has 8 heteroatoms. The minimum atomic E-state index is -3.39. The van der Waals surface area contributed by atoms with E-state index in [0.717, 1.165) is 10.6 Å². The molecule has 0 fully saturated rings. The molecule has 0 aliphatic carbocycles. The number of halogens is 1. The third kappa shape index (κ3) is 4.70. The number of nitrogens with zero attached hydrogens (tertiary/aromatic N) is 1. The van der Waals surface area contributed by atoms with E-state index in [9.17, 15) is 13.2 Å². The summed E-state index contributed by atoms with van der Waals surface area (Å²) in [5, 5.41) is 2.85. The zero-order chi connectivity index (χ0) is 14.6. The van der Waals surface area contributed by atoms with Gasteiger partial charge in [0.2, 0.25) is 15.9 Å². The van der Waals surface area contributed by atoms with Gasteiger partial charge in [-0.3, -0.25) is 4.79 Å². The summed E-state index contributed by atoms with van der Waals surface area (Å²) in [7, 11) is -0.563. The topological polar surface area (TPSA) is 75.7 Å². The number of carbonyl (C=O) groups excluding carboxylic acids is 1. The number of amides is 1. The van der Waals surface area contributed by atoms with Gasteiger partial charge in [-0.25, -0.2) is 8.42 Å². The Balaban J connectivity index is 2.73. The van der Waals surface area contributed by atoms with E-state index in [1.165, 1.54) is 14.2 Å². The molecule has 1 aromatic carbocycles. The molecule has 0 radical (unpaired) electrons. The molecule has 0 aliphatic rings. The number of hydrogen-bond donors (Lipinski definition) is 1. The Morgan fingerprint density at radius 1 is 1.47 bits per heavy atom. The van der Waals surface area contributed by atoms with E-state index < -0.39 is 15.9 Å². The molecule has 0 saturated carbocycles. The van der Waals surface area contributed by atoms with Gasteiger partial charge in [0.15, 0.2) is 0 Å². The fraction of sp³-hybridized carbons (Fsp3) is 0.364. The second kappa shape index (κ2) is 6.23. The van der Waals surface area contributed by atoms with Crippen LogP contribution in [0.1, 0.15) is 0 Å². The molecular weight excluding hydrogens is 292 g/mol. The molecule has 0 spiro atoms. The number of benzene rings is 1. The van der Waals surface area contributed by atoms with Crippen LogP contribution in [0.5, 0.6) is 5.75 Å². The van der Waals surface area contributed by atoms with Gasteiger partial charge in [-0.1, -0.05) is 11.6 Å². The van der Waals surface area contributed by atoms with Crippen molar-refractivity contribution < 1.29 is 17.9 Å². The van der Waals surface area contributed by atoms with Crippen molar-refractivity contribution >= 4 is 33.2 Å². The first-order valence-electron chi connectivity index (χ1n) is 5.28. The molecule has 0 saturated heterocycles. The van der Waals surface area contributed by atoms with Crippen molar-refractivity contribution in [1.82, 2.24) is 4.31 Å². The maximum Gasteiger partial charge on any atom is 0.239 e. The van der Waals surface area contributed by atoms with Crippen LogP contribution in [0, 0.1) is 0 Å². The molecule has 0 unspecified atom stereocenters. The SMILES string of the molecule is COc1ccc(NC(=O)CN(C)S(C)(=O)=O)c(Cl)c1. The smallest absolute Gasteiger partial charge is 0.239 e. The Kier molecular flexibility index (Phi) is 5.16. The van der Waals surface area contributed by atoms with Crippen LogP contribution in [-0.2, 0) is 14.8 Å². The van der Waals surface area contributed by atoms with Gasteiger partial charge < -0.3 is 10.1 Å². The summed E-state index contributed by atoms with van der Waals surface area (Å²) >= 11 is 5.95. The molecule has 106 valence electrons. The molecule has 0 aliphatic heterocycles. The number of nitrogens with one attached hydrogen (secondary N) is 1. The highest BCUT2D eigenvalue weighted by Gasteiger charge is 2.15. The largest absolute Gasteiger partial charge is 0.497 e. The van der Waals surface area contributed by atoms with Crippen molar-refractivity contribution in [3.8, 4) is 5.75 Å². The summed E-state index contributed by atoms with van der Waals surface area (Å²) in [6.07, 6.45) is 1.03. The van der Waals surface area contributed by atoms with Gasteiger partial charge in [0.25, 0.3) is 0 Å². The van der Waals surface area contributed by atoms with E-state index >= 15 is 0 Å². The summed E-state index contributed by atoms with van der Waals surface area (Å²) in [6, 6.07) is 4.78. The highest BCUT2D eigenvalue weighted by molar-refractivity contribution is 7.88. The second-order valence-corrected chi connectivity index (χ2v) is 6.41. The average Bonchev–Trinajstić information content (AvgIpc) is 2.30. The van der Waals surface area contributed by atoms with Crippen LogP contribution < -0.4 is 10.1 Å². The molecule has 1 rings (SSSR count). The van der Waals surface area contributed by atoms with Crippen LogP contribution in [-0.4, -0.2) is 45.6 Å². The van der Waals surface area contributed by atoms with Crippen LogP contribution in [0.3, 0.4) is 0 Å². The predicted octanol–water partition coefficient (Wildman–Crippen LogP) is 1.18. The summed E-state index contributed by atoms with van der Waals surface area (Å²) < 4.78 is 28.3. The van der Waals surface area contributed by atoms with E-state index in [4.69, 9.17) is 16.3 Å². The number of likely N-dealkylation sites (N-methyl/N-ethyl adjacent to an activating group) is 1. The van der Waals surface area contributed by atoms with Crippen molar-refractivity contribution in [2.24, 2.45) is 0 Å². The van der Waals surface area contributed by atoms with Crippen molar-refractivity contribution in [3.05, 3.63) is 23.2 Å². The second-order valence-electron chi connectivity index (χ2n) is 3.91. The number of carbonyl (C=O) groups is 1. The third-order valence-corrected chi connectivity index (χ3v) is 3.96. The summed E-state index contributed by atoms with van der Waals surface area (Å²) in [4.78, 5) is 11.7. The minimum absolute atomic E-state index is 0.277. The van der Waals surface area contributed by atoms with Gasteiger partial charge in [-0.2, -0.15) is 4.31 Å².